The molecule has 0 amide bonds. The SMILES string of the molecule is CCCCCCCCCCCCOc1nc2cscc2nc1C. The summed E-state index contributed by atoms with van der Waals surface area (Å²) in [4.78, 5) is 9.07. The van der Waals surface area contributed by atoms with Crippen molar-refractivity contribution in [3.05, 3.63) is 16.5 Å². The maximum atomic E-state index is 5.82. The second kappa shape index (κ2) is 10.6. The van der Waals surface area contributed by atoms with E-state index >= 15 is 0 Å². The summed E-state index contributed by atoms with van der Waals surface area (Å²) in [7, 11) is 0. The molecule has 4 heteroatoms. The minimum Gasteiger partial charge on any atom is -0.476 e. The molecule has 2 heterocycles. The molecule has 0 aliphatic carbocycles. The van der Waals surface area contributed by atoms with E-state index in [9.17, 15) is 0 Å². The zero-order valence-electron chi connectivity index (χ0n) is 14.6. The number of hydrogen-bond donors (Lipinski definition) is 0. The lowest BCUT2D eigenvalue weighted by Crippen LogP contribution is -2.02. The van der Waals surface area contributed by atoms with Gasteiger partial charge in [0.2, 0.25) is 5.88 Å². The molecule has 0 unspecified atom stereocenters. The average molecular weight is 335 g/mol. The van der Waals surface area contributed by atoms with Crippen molar-refractivity contribution in [3.63, 3.8) is 0 Å². The van der Waals surface area contributed by atoms with Gasteiger partial charge in [0.1, 0.15) is 11.2 Å². The molecule has 0 fully saturated rings. The molecule has 2 aromatic heterocycles. The molecule has 0 saturated carbocycles. The molecule has 0 aromatic carbocycles. The normalized spacial score (nSPS) is 11.2. The van der Waals surface area contributed by atoms with Crippen LogP contribution in [0.5, 0.6) is 5.88 Å². The van der Waals surface area contributed by atoms with Crippen LogP contribution in [0.2, 0.25) is 0 Å². The van der Waals surface area contributed by atoms with Crippen LogP contribution in [-0.2, 0) is 0 Å². The van der Waals surface area contributed by atoms with Crippen LogP contribution < -0.4 is 4.74 Å². The zero-order chi connectivity index (χ0) is 16.3. The molecular formula is C19H30N2OS. The van der Waals surface area contributed by atoms with E-state index in [0.717, 1.165) is 29.8 Å². The Morgan fingerprint density at radius 1 is 0.826 bits per heavy atom. The van der Waals surface area contributed by atoms with Gasteiger partial charge in [-0.3, -0.25) is 0 Å². The molecular weight excluding hydrogens is 304 g/mol. The van der Waals surface area contributed by atoms with Crippen molar-refractivity contribution < 1.29 is 4.74 Å². The first-order valence-corrected chi connectivity index (χ1v) is 10.1. The van der Waals surface area contributed by atoms with Crippen molar-refractivity contribution in [2.75, 3.05) is 6.61 Å². The zero-order valence-corrected chi connectivity index (χ0v) is 15.5. The van der Waals surface area contributed by atoms with E-state index < -0.39 is 0 Å². The van der Waals surface area contributed by atoms with E-state index in [1.54, 1.807) is 11.3 Å². The second-order valence-electron chi connectivity index (χ2n) is 6.29. The predicted octanol–water partition coefficient (Wildman–Crippen LogP) is 6.30. The van der Waals surface area contributed by atoms with E-state index in [1.807, 2.05) is 17.7 Å². The summed E-state index contributed by atoms with van der Waals surface area (Å²) in [6.07, 6.45) is 13.4. The molecule has 0 N–H and O–H groups in total. The third-order valence-corrected chi connectivity index (χ3v) is 4.90. The fraction of sp³-hybridized carbons (Fsp3) is 0.684. The Kier molecular flexibility index (Phi) is 8.37. The van der Waals surface area contributed by atoms with Crippen LogP contribution in [0, 0.1) is 6.92 Å². The highest BCUT2D eigenvalue weighted by Crippen LogP contribution is 2.21. The number of thiophene rings is 1. The van der Waals surface area contributed by atoms with Gasteiger partial charge in [-0.05, 0) is 13.3 Å². The van der Waals surface area contributed by atoms with E-state index in [1.165, 1.54) is 57.8 Å². The Bertz CT molecular complexity index is 567. The summed E-state index contributed by atoms with van der Waals surface area (Å²) < 4.78 is 5.82. The van der Waals surface area contributed by atoms with E-state index in [0.29, 0.717) is 5.88 Å². The van der Waals surface area contributed by atoms with Gasteiger partial charge in [0.05, 0.1) is 12.1 Å². The molecule has 3 nitrogen and oxygen atoms in total. The Hall–Kier alpha value is -1.16. The predicted molar refractivity (Wildman–Crippen MR) is 99.5 cm³/mol. The van der Waals surface area contributed by atoms with Crippen LogP contribution in [0.3, 0.4) is 0 Å². The minimum atomic E-state index is 0.701. The highest BCUT2D eigenvalue weighted by Gasteiger charge is 2.06. The molecule has 0 bridgehead atoms. The standard InChI is InChI=1S/C19H30N2OS/c1-3-4-5-6-7-8-9-10-11-12-13-22-19-16(2)20-17-14-23-15-18(17)21-19/h14-15H,3-13H2,1-2H3. The van der Waals surface area contributed by atoms with Gasteiger partial charge in [-0.25, -0.2) is 9.97 Å². The molecule has 0 radical (unpaired) electrons. The third-order valence-electron chi connectivity index (χ3n) is 4.18. The second-order valence-corrected chi connectivity index (χ2v) is 7.03. The first-order chi connectivity index (χ1) is 11.3. The third kappa shape index (κ3) is 6.46. The van der Waals surface area contributed by atoms with Crippen molar-refractivity contribution in [1.29, 1.82) is 0 Å². The molecule has 2 rings (SSSR count). The summed E-state index contributed by atoms with van der Waals surface area (Å²) in [6, 6.07) is 0. The molecule has 0 atom stereocenters. The Balaban J connectivity index is 1.52. The number of aryl methyl sites for hydroxylation is 1. The fourth-order valence-electron chi connectivity index (χ4n) is 2.76. The smallest absolute Gasteiger partial charge is 0.235 e. The number of fused-ring (bicyclic) bond motifs is 1. The highest BCUT2D eigenvalue weighted by molar-refractivity contribution is 7.09. The topological polar surface area (TPSA) is 35.0 Å². The van der Waals surface area contributed by atoms with Crippen LogP contribution in [0.25, 0.3) is 11.0 Å². The summed E-state index contributed by atoms with van der Waals surface area (Å²) in [5.74, 6) is 0.701. The van der Waals surface area contributed by atoms with Crippen molar-refractivity contribution in [1.82, 2.24) is 9.97 Å². The Morgan fingerprint density at radius 3 is 2.04 bits per heavy atom. The highest BCUT2D eigenvalue weighted by atomic mass is 32.1. The fourth-order valence-corrected chi connectivity index (χ4v) is 3.44. The van der Waals surface area contributed by atoms with Crippen LogP contribution in [0.1, 0.15) is 76.8 Å². The lowest BCUT2D eigenvalue weighted by Gasteiger charge is -2.07. The number of aromatic nitrogens is 2. The molecule has 0 saturated heterocycles. The lowest BCUT2D eigenvalue weighted by molar-refractivity contribution is 0.291. The van der Waals surface area contributed by atoms with Crippen molar-refractivity contribution in [2.24, 2.45) is 0 Å². The number of hydrogen-bond acceptors (Lipinski definition) is 4. The van der Waals surface area contributed by atoms with Gasteiger partial charge in [0.25, 0.3) is 0 Å². The average Bonchev–Trinajstić information content (AvgIpc) is 2.99. The Labute approximate surface area is 144 Å². The van der Waals surface area contributed by atoms with Crippen molar-refractivity contribution in [3.8, 4) is 5.88 Å². The van der Waals surface area contributed by atoms with Gasteiger partial charge in [0.15, 0.2) is 0 Å². The molecule has 0 aliphatic rings. The first kappa shape index (κ1) is 18.2. The molecule has 23 heavy (non-hydrogen) atoms. The van der Waals surface area contributed by atoms with Crippen LogP contribution >= 0.6 is 11.3 Å². The summed E-state index contributed by atoms with van der Waals surface area (Å²) >= 11 is 1.64. The number of rotatable bonds is 12. The largest absolute Gasteiger partial charge is 0.476 e. The minimum absolute atomic E-state index is 0.701. The Morgan fingerprint density at radius 2 is 1.39 bits per heavy atom. The van der Waals surface area contributed by atoms with Gasteiger partial charge in [-0.15, -0.1) is 11.3 Å². The van der Waals surface area contributed by atoms with E-state index in [2.05, 4.69) is 16.9 Å². The van der Waals surface area contributed by atoms with Crippen molar-refractivity contribution in [2.45, 2.75) is 78.1 Å². The van der Waals surface area contributed by atoms with Gasteiger partial charge >= 0.3 is 0 Å². The van der Waals surface area contributed by atoms with Crippen LogP contribution in [0.15, 0.2) is 10.8 Å². The quantitative estimate of drug-likeness (QED) is 0.427. The van der Waals surface area contributed by atoms with Gasteiger partial charge in [-0.1, -0.05) is 64.7 Å². The molecule has 0 aliphatic heterocycles. The van der Waals surface area contributed by atoms with E-state index in [4.69, 9.17) is 4.74 Å². The molecule has 128 valence electrons. The van der Waals surface area contributed by atoms with Crippen LogP contribution in [0.4, 0.5) is 0 Å². The van der Waals surface area contributed by atoms with Crippen molar-refractivity contribution >= 4 is 22.4 Å². The monoisotopic (exact) mass is 334 g/mol. The molecule has 0 spiro atoms. The molecule has 2 aromatic rings. The van der Waals surface area contributed by atoms with E-state index in [-0.39, 0.29) is 0 Å². The number of unbranched alkanes of at least 4 members (excludes halogenated alkanes) is 9. The number of ether oxygens (including phenoxy) is 1. The number of nitrogens with zero attached hydrogens (tertiary/aromatic N) is 2. The van der Waals surface area contributed by atoms with Gasteiger partial charge < -0.3 is 4.74 Å². The van der Waals surface area contributed by atoms with Gasteiger partial charge in [0, 0.05) is 10.8 Å². The maximum absolute atomic E-state index is 5.82. The maximum Gasteiger partial charge on any atom is 0.235 e. The van der Waals surface area contributed by atoms with Crippen LogP contribution in [-0.4, -0.2) is 16.6 Å². The van der Waals surface area contributed by atoms with Gasteiger partial charge in [-0.2, -0.15) is 0 Å². The first-order valence-electron chi connectivity index (χ1n) is 9.14. The summed E-state index contributed by atoms with van der Waals surface area (Å²) in [5, 5.41) is 4.05. The summed E-state index contributed by atoms with van der Waals surface area (Å²) in [5.41, 5.74) is 2.81. The lowest BCUT2D eigenvalue weighted by atomic mass is 10.1. The summed E-state index contributed by atoms with van der Waals surface area (Å²) in [6.45, 7) is 4.99.